The van der Waals surface area contributed by atoms with Gasteiger partial charge in [0, 0.05) is 24.2 Å². The van der Waals surface area contributed by atoms with Crippen molar-refractivity contribution >= 4 is 22.9 Å². The van der Waals surface area contributed by atoms with Gasteiger partial charge in [-0.05, 0) is 35.1 Å². The highest BCUT2D eigenvalue weighted by Crippen LogP contribution is 2.25. The van der Waals surface area contributed by atoms with Crippen molar-refractivity contribution in [3.63, 3.8) is 0 Å². The molecule has 0 fully saturated rings. The Morgan fingerprint density at radius 3 is 3.00 bits per heavy atom. The molecule has 92 valence electrons. The number of nitrogens with two attached hydrogens (primary N) is 1. The molecule has 1 aliphatic rings. The molecule has 4 heteroatoms. The van der Waals surface area contributed by atoms with E-state index in [-0.39, 0.29) is 5.91 Å². The SMILES string of the molecule is Nc1cccc2c1CN(C(=O)c1ccsc1)CC2. The first-order valence-corrected chi connectivity index (χ1v) is 6.87. The van der Waals surface area contributed by atoms with E-state index in [2.05, 4.69) is 6.07 Å². The van der Waals surface area contributed by atoms with Crippen LogP contribution in [-0.4, -0.2) is 17.4 Å². The first-order valence-electron chi connectivity index (χ1n) is 5.93. The highest BCUT2D eigenvalue weighted by atomic mass is 32.1. The maximum absolute atomic E-state index is 12.3. The molecule has 0 saturated carbocycles. The molecule has 1 aliphatic heterocycles. The van der Waals surface area contributed by atoms with Gasteiger partial charge in [0.25, 0.3) is 5.91 Å². The van der Waals surface area contributed by atoms with E-state index >= 15 is 0 Å². The Morgan fingerprint density at radius 2 is 2.22 bits per heavy atom. The summed E-state index contributed by atoms with van der Waals surface area (Å²) in [5, 5.41) is 3.83. The van der Waals surface area contributed by atoms with Crippen LogP contribution in [-0.2, 0) is 13.0 Å². The van der Waals surface area contributed by atoms with Crippen LogP contribution in [0.2, 0.25) is 0 Å². The van der Waals surface area contributed by atoms with E-state index < -0.39 is 0 Å². The number of nitrogens with zero attached hydrogens (tertiary/aromatic N) is 1. The molecule has 0 aliphatic carbocycles. The molecule has 2 heterocycles. The van der Waals surface area contributed by atoms with Gasteiger partial charge < -0.3 is 10.6 Å². The van der Waals surface area contributed by atoms with Gasteiger partial charge in [-0.1, -0.05) is 12.1 Å². The average molecular weight is 258 g/mol. The maximum atomic E-state index is 12.3. The quantitative estimate of drug-likeness (QED) is 0.799. The van der Waals surface area contributed by atoms with Gasteiger partial charge in [0.2, 0.25) is 0 Å². The summed E-state index contributed by atoms with van der Waals surface area (Å²) in [5.74, 6) is 0.102. The Kier molecular flexibility index (Phi) is 2.80. The number of carbonyl (C=O) groups excluding carboxylic acids is 1. The number of hydrogen-bond donors (Lipinski definition) is 1. The summed E-state index contributed by atoms with van der Waals surface area (Å²) in [6, 6.07) is 7.84. The van der Waals surface area contributed by atoms with Crippen molar-refractivity contribution in [2.45, 2.75) is 13.0 Å². The number of fused-ring (bicyclic) bond motifs is 1. The average Bonchev–Trinajstić information content (AvgIpc) is 2.92. The number of benzene rings is 1. The second-order valence-electron chi connectivity index (χ2n) is 4.47. The van der Waals surface area contributed by atoms with E-state index in [1.807, 2.05) is 33.9 Å². The molecule has 0 bridgehead atoms. The fourth-order valence-corrected chi connectivity index (χ4v) is 2.98. The molecular formula is C14H14N2OS. The molecule has 0 atom stereocenters. The Morgan fingerprint density at radius 1 is 1.33 bits per heavy atom. The van der Waals surface area contributed by atoms with Crippen molar-refractivity contribution in [2.24, 2.45) is 0 Å². The van der Waals surface area contributed by atoms with Gasteiger partial charge in [0.15, 0.2) is 0 Å². The molecule has 2 aromatic rings. The van der Waals surface area contributed by atoms with Crippen LogP contribution in [0.5, 0.6) is 0 Å². The molecule has 0 saturated heterocycles. The van der Waals surface area contributed by atoms with Crippen molar-refractivity contribution in [1.29, 1.82) is 0 Å². The zero-order valence-corrected chi connectivity index (χ0v) is 10.7. The summed E-state index contributed by atoms with van der Waals surface area (Å²) in [6.07, 6.45) is 0.885. The third-order valence-electron chi connectivity index (χ3n) is 3.36. The van der Waals surface area contributed by atoms with Crippen LogP contribution < -0.4 is 5.73 Å². The molecule has 18 heavy (non-hydrogen) atoms. The number of anilines is 1. The van der Waals surface area contributed by atoms with Gasteiger partial charge in [0.1, 0.15) is 0 Å². The summed E-state index contributed by atoms with van der Waals surface area (Å²) in [6.45, 7) is 1.39. The molecule has 1 aromatic heterocycles. The van der Waals surface area contributed by atoms with Crippen molar-refractivity contribution in [3.8, 4) is 0 Å². The van der Waals surface area contributed by atoms with Gasteiger partial charge in [-0.15, -0.1) is 0 Å². The van der Waals surface area contributed by atoms with Gasteiger partial charge in [-0.3, -0.25) is 4.79 Å². The Bertz CT molecular complexity index is 577. The van der Waals surface area contributed by atoms with Crippen molar-refractivity contribution in [1.82, 2.24) is 4.90 Å². The number of hydrogen-bond acceptors (Lipinski definition) is 3. The van der Waals surface area contributed by atoms with E-state index in [1.54, 1.807) is 11.3 Å². The predicted octanol–water partition coefficient (Wildman–Crippen LogP) is 2.53. The molecular weight excluding hydrogens is 244 g/mol. The fraction of sp³-hybridized carbons (Fsp3) is 0.214. The second-order valence-corrected chi connectivity index (χ2v) is 5.25. The van der Waals surface area contributed by atoms with E-state index in [0.717, 1.165) is 29.8 Å². The number of carbonyl (C=O) groups is 1. The lowest BCUT2D eigenvalue weighted by molar-refractivity contribution is 0.0736. The summed E-state index contributed by atoms with van der Waals surface area (Å²) in [4.78, 5) is 14.1. The molecule has 1 aromatic carbocycles. The summed E-state index contributed by atoms with van der Waals surface area (Å²) < 4.78 is 0. The largest absolute Gasteiger partial charge is 0.398 e. The minimum absolute atomic E-state index is 0.102. The Balaban J connectivity index is 1.87. The number of thiophene rings is 1. The lowest BCUT2D eigenvalue weighted by atomic mass is 9.98. The van der Waals surface area contributed by atoms with Crippen molar-refractivity contribution in [2.75, 3.05) is 12.3 Å². The van der Waals surface area contributed by atoms with Crippen LogP contribution in [0.1, 0.15) is 21.5 Å². The minimum atomic E-state index is 0.102. The Hall–Kier alpha value is -1.81. The maximum Gasteiger partial charge on any atom is 0.255 e. The summed E-state index contributed by atoms with van der Waals surface area (Å²) in [7, 11) is 0. The number of rotatable bonds is 1. The third-order valence-corrected chi connectivity index (χ3v) is 4.05. The van der Waals surface area contributed by atoms with Gasteiger partial charge in [-0.25, -0.2) is 0 Å². The molecule has 1 amide bonds. The normalized spacial score (nSPS) is 14.3. The zero-order valence-electron chi connectivity index (χ0n) is 9.93. The van der Waals surface area contributed by atoms with Crippen LogP contribution in [0.3, 0.4) is 0 Å². The number of nitrogen functional groups attached to an aromatic ring is 1. The van der Waals surface area contributed by atoms with Gasteiger partial charge in [-0.2, -0.15) is 11.3 Å². The standard InChI is InChI=1S/C14H14N2OS/c15-13-3-1-2-10-4-6-16(8-12(10)13)14(17)11-5-7-18-9-11/h1-3,5,7,9H,4,6,8,15H2. The summed E-state index contributed by atoms with van der Waals surface area (Å²) in [5.41, 5.74) is 9.92. The fourth-order valence-electron chi connectivity index (χ4n) is 2.35. The lowest BCUT2D eigenvalue weighted by Crippen LogP contribution is -2.36. The van der Waals surface area contributed by atoms with Crippen LogP contribution in [0.4, 0.5) is 5.69 Å². The van der Waals surface area contributed by atoms with E-state index in [9.17, 15) is 4.79 Å². The molecule has 0 radical (unpaired) electrons. The van der Waals surface area contributed by atoms with Crippen LogP contribution in [0.15, 0.2) is 35.0 Å². The van der Waals surface area contributed by atoms with Crippen LogP contribution >= 0.6 is 11.3 Å². The minimum Gasteiger partial charge on any atom is -0.398 e. The van der Waals surface area contributed by atoms with Crippen molar-refractivity contribution in [3.05, 3.63) is 51.7 Å². The van der Waals surface area contributed by atoms with Crippen LogP contribution in [0.25, 0.3) is 0 Å². The van der Waals surface area contributed by atoms with E-state index in [4.69, 9.17) is 5.73 Å². The summed E-state index contributed by atoms with van der Waals surface area (Å²) >= 11 is 1.55. The van der Waals surface area contributed by atoms with E-state index in [1.165, 1.54) is 5.56 Å². The smallest absolute Gasteiger partial charge is 0.255 e. The highest BCUT2D eigenvalue weighted by molar-refractivity contribution is 7.08. The first-order chi connectivity index (χ1) is 8.75. The van der Waals surface area contributed by atoms with Gasteiger partial charge >= 0.3 is 0 Å². The first kappa shape index (κ1) is 11.3. The highest BCUT2D eigenvalue weighted by Gasteiger charge is 2.22. The molecule has 3 nitrogen and oxygen atoms in total. The lowest BCUT2D eigenvalue weighted by Gasteiger charge is -2.29. The van der Waals surface area contributed by atoms with Crippen LogP contribution in [0, 0.1) is 0 Å². The Labute approximate surface area is 110 Å². The molecule has 2 N–H and O–H groups in total. The van der Waals surface area contributed by atoms with Gasteiger partial charge in [0.05, 0.1) is 5.56 Å². The zero-order chi connectivity index (χ0) is 12.5. The molecule has 3 rings (SSSR count). The monoisotopic (exact) mass is 258 g/mol. The predicted molar refractivity (Wildman–Crippen MR) is 73.6 cm³/mol. The van der Waals surface area contributed by atoms with E-state index in [0.29, 0.717) is 6.54 Å². The third kappa shape index (κ3) is 1.88. The second kappa shape index (κ2) is 4.46. The number of amides is 1. The molecule has 0 spiro atoms. The molecule has 0 unspecified atom stereocenters. The topological polar surface area (TPSA) is 46.3 Å². The van der Waals surface area contributed by atoms with Crippen molar-refractivity contribution < 1.29 is 4.79 Å².